The SMILES string of the molecule is CCOc1cc(/C=N\NC(=O)c2ccc(I)c(OC)c2)ccc1OCc1cccc(F)c1. The Labute approximate surface area is 199 Å². The van der Waals surface area contributed by atoms with Crippen LogP contribution < -0.4 is 19.6 Å². The highest BCUT2D eigenvalue weighted by Crippen LogP contribution is 2.29. The molecule has 0 heterocycles. The molecular weight excluding hydrogens is 526 g/mol. The summed E-state index contributed by atoms with van der Waals surface area (Å²) in [6.07, 6.45) is 1.51. The topological polar surface area (TPSA) is 69.2 Å². The fourth-order valence-corrected chi connectivity index (χ4v) is 3.37. The zero-order valence-corrected chi connectivity index (χ0v) is 19.8. The third-order valence-corrected chi connectivity index (χ3v) is 5.24. The average Bonchev–Trinajstić information content (AvgIpc) is 2.79. The van der Waals surface area contributed by atoms with Crippen LogP contribution in [-0.2, 0) is 6.61 Å². The number of hydrogen-bond acceptors (Lipinski definition) is 5. The standard InChI is InChI=1S/C24H22FIN2O4/c1-3-31-23-12-16(7-10-21(23)32-15-17-5-4-6-19(25)11-17)14-27-28-24(29)18-8-9-20(26)22(13-18)30-2/h4-14H,3,15H2,1-2H3,(H,28,29)/b27-14-. The van der Waals surface area contributed by atoms with E-state index in [2.05, 4.69) is 33.1 Å². The van der Waals surface area contributed by atoms with Gasteiger partial charge in [0.1, 0.15) is 18.2 Å². The molecular formula is C24H22FIN2O4. The Morgan fingerprint density at radius 2 is 1.91 bits per heavy atom. The molecule has 0 aliphatic carbocycles. The first-order valence-electron chi connectivity index (χ1n) is 9.81. The highest BCUT2D eigenvalue weighted by atomic mass is 127. The number of amides is 1. The first-order valence-corrected chi connectivity index (χ1v) is 10.9. The predicted octanol–water partition coefficient (Wildman–Crippen LogP) is 5.18. The smallest absolute Gasteiger partial charge is 0.271 e. The zero-order valence-electron chi connectivity index (χ0n) is 17.6. The van der Waals surface area contributed by atoms with Crippen LogP contribution >= 0.6 is 22.6 Å². The first-order chi connectivity index (χ1) is 15.5. The van der Waals surface area contributed by atoms with E-state index in [4.69, 9.17) is 14.2 Å². The van der Waals surface area contributed by atoms with Crippen molar-refractivity contribution in [1.82, 2.24) is 5.43 Å². The molecule has 0 radical (unpaired) electrons. The summed E-state index contributed by atoms with van der Waals surface area (Å²) >= 11 is 2.13. The average molecular weight is 548 g/mol. The number of ether oxygens (including phenoxy) is 3. The Kier molecular flexibility index (Phi) is 8.43. The largest absolute Gasteiger partial charge is 0.496 e. The number of rotatable bonds is 9. The van der Waals surface area contributed by atoms with Crippen LogP contribution in [0.3, 0.4) is 0 Å². The molecule has 1 amide bonds. The lowest BCUT2D eigenvalue weighted by Crippen LogP contribution is -2.17. The van der Waals surface area contributed by atoms with Gasteiger partial charge in [0.05, 0.1) is 23.5 Å². The van der Waals surface area contributed by atoms with Gasteiger partial charge in [-0.05, 0) is 89.2 Å². The van der Waals surface area contributed by atoms with E-state index in [9.17, 15) is 9.18 Å². The molecule has 3 aromatic rings. The lowest BCUT2D eigenvalue weighted by Gasteiger charge is -2.12. The maximum atomic E-state index is 13.4. The highest BCUT2D eigenvalue weighted by Gasteiger charge is 2.09. The van der Waals surface area contributed by atoms with Gasteiger partial charge in [-0.1, -0.05) is 12.1 Å². The molecule has 3 rings (SSSR count). The Morgan fingerprint density at radius 1 is 1.06 bits per heavy atom. The quantitative estimate of drug-likeness (QED) is 0.227. The minimum atomic E-state index is -0.351. The van der Waals surface area contributed by atoms with E-state index in [1.54, 1.807) is 55.6 Å². The van der Waals surface area contributed by atoms with Crippen molar-refractivity contribution < 1.29 is 23.4 Å². The van der Waals surface area contributed by atoms with Crippen molar-refractivity contribution in [2.75, 3.05) is 13.7 Å². The second-order valence-electron chi connectivity index (χ2n) is 6.61. The summed E-state index contributed by atoms with van der Waals surface area (Å²) in [5, 5.41) is 4.02. The molecule has 0 aromatic heterocycles. The van der Waals surface area contributed by atoms with E-state index in [0.717, 1.165) is 3.57 Å². The number of methoxy groups -OCH3 is 1. The monoisotopic (exact) mass is 548 g/mol. The van der Waals surface area contributed by atoms with Crippen LogP contribution in [0.1, 0.15) is 28.4 Å². The molecule has 0 atom stereocenters. The number of carbonyl (C=O) groups is 1. The van der Waals surface area contributed by atoms with Crippen LogP contribution in [0.15, 0.2) is 65.8 Å². The van der Waals surface area contributed by atoms with E-state index in [1.807, 2.05) is 6.92 Å². The normalized spacial score (nSPS) is 10.8. The maximum Gasteiger partial charge on any atom is 0.271 e. The van der Waals surface area contributed by atoms with E-state index in [1.165, 1.54) is 18.3 Å². The summed E-state index contributed by atoms with van der Waals surface area (Å²) in [6.45, 7) is 2.52. The summed E-state index contributed by atoms with van der Waals surface area (Å²) in [5.74, 6) is 1.02. The predicted molar refractivity (Wildman–Crippen MR) is 129 cm³/mol. The third-order valence-electron chi connectivity index (χ3n) is 4.34. The summed E-state index contributed by atoms with van der Waals surface area (Å²) in [7, 11) is 1.55. The molecule has 1 N–H and O–H groups in total. The fraction of sp³-hybridized carbons (Fsp3) is 0.167. The van der Waals surface area contributed by atoms with Crippen molar-refractivity contribution in [1.29, 1.82) is 0 Å². The minimum absolute atomic E-state index is 0.209. The highest BCUT2D eigenvalue weighted by molar-refractivity contribution is 14.1. The van der Waals surface area contributed by atoms with Crippen molar-refractivity contribution in [3.63, 3.8) is 0 Å². The molecule has 3 aromatic carbocycles. The second-order valence-corrected chi connectivity index (χ2v) is 7.77. The lowest BCUT2D eigenvalue weighted by atomic mass is 10.2. The van der Waals surface area contributed by atoms with Gasteiger partial charge in [-0.25, -0.2) is 9.82 Å². The first kappa shape index (κ1) is 23.5. The molecule has 166 valence electrons. The second kappa shape index (κ2) is 11.5. The van der Waals surface area contributed by atoms with Crippen LogP contribution in [0.5, 0.6) is 17.2 Å². The molecule has 6 nitrogen and oxygen atoms in total. The zero-order chi connectivity index (χ0) is 22.9. The van der Waals surface area contributed by atoms with Crippen LogP contribution in [0.25, 0.3) is 0 Å². The molecule has 32 heavy (non-hydrogen) atoms. The van der Waals surface area contributed by atoms with Gasteiger partial charge in [-0.3, -0.25) is 4.79 Å². The Bertz CT molecular complexity index is 1120. The summed E-state index contributed by atoms with van der Waals surface area (Å²) in [5.41, 5.74) is 4.37. The van der Waals surface area contributed by atoms with Crippen molar-refractivity contribution in [2.24, 2.45) is 5.10 Å². The molecule has 0 unspecified atom stereocenters. The molecule has 0 aliphatic heterocycles. The molecule has 0 saturated heterocycles. The summed E-state index contributed by atoms with van der Waals surface area (Å²) in [4.78, 5) is 12.3. The number of nitrogens with one attached hydrogen (secondary N) is 1. The number of hydrazone groups is 1. The van der Waals surface area contributed by atoms with Gasteiger partial charge in [0, 0.05) is 5.56 Å². The third kappa shape index (κ3) is 6.43. The number of carbonyl (C=O) groups excluding carboxylic acids is 1. The van der Waals surface area contributed by atoms with Crippen molar-refractivity contribution in [3.05, 3.63) is 86.7 Å². The molecule has 8 heteroatoms. The number of halogens is 2. The van der Waals surface area contributed by atoms with E-state index >= 15 is 0 Å². The van der Waals surface area contributed by atoms with Gasteiger partial charge in [0.25, 0.3) is 5.91 Å². The van der Waals surface area contributed by atoms with Gasteiger partial charge >= 0.3 is 0 Å². The molecule has 0 aliphatic rings. The van der Waals surface area contributed by atoms with E-state index in [-0.39, 0.29) is 18.3 Å². The van der Waals surface area contributed by atoms with Crippen molar-refractivity contribution >= 4 is 34.7 Å². The summed E-state index contributed by atoms with van der Waals surface area (Å²) in [6, 6.07) is 16.7. The fourth-order valence-electron chi connectivity index (χ4n) is 2.81. The minimum Gasteiger partial charge on any atom is -0.496 e. The Hall–Kier alpha value is -3.14. The van der Waals surface area contributed by atoms with Crippen LogP contribution in [0.2, 0.25) is 0 Å². The Morgan fingerprint density at radius 3 is 2.66 bits per heavy atom. The van der Waals surface area contributed by atoms with E-state index < -0.39 is 0 Å². The molecule has 0 bridgehead atoms. The Balaban J connectivity index is 1.66. The molecule has 0 saturated carbocycles. The van der Waals surface area contributed by atoms with E-state index in [0.29, 0.717) is 40.5 Å². The number of benzene rings is 3. The van der Waals surface area contributed by atoms with Crippen molar-refractivity contribution in [2.45, 2.75) is 13.5 Å². The van der Waals surface area contributed by atoms with Crippen LogP contribution in [-0.4, -0.2) is 25.8 Å². The van der Waals surface area contributed by atoms with Gasteiger partial charge in [-0.2, -0.15) is 5.10 Å². The van der Waals surface area contributed by atoms with Gasteiger partial charge < -0.3 is 14.2 Å². The van der Waals surface area contributed by atoms with Crippen LogP contribution in [0, 0.1) is 9.39 Å². The number of hydrogen-bond donors (Lipinski definition) is 1. The van der Waals surface area contributed by atoms with Gasteiger partial charge in [0.2, 0.25) is 0 Å². The van der Waals surface area contributed by atoms with Crippen molar-refractivity contribution in [3.8, 4) is 17.2 Å². The number of nitrogens with zero attached hydrogens (tertiary/aromatic N) is 1. The van der Waals surface area contributed by atoms with Gasteiger partial charge in [0.15, 0.2) is 11.5 Å². The molecule has 0 fully saturated rings. The maximum absolute atomic E-state index is 13.4. The molecule has 0 spiro atoms. The van der Waals surface area contributed by atoms with Crippen LogP contribution in [0.4, 0.5) is 4.39 Å². The van der Waals surface area contributed by atoms with Gasteiger partial charge in [-0.15, -0.1) is 0 Å². The lowest BCUT2D eigenvalue weighted by molar-refractivity contribution is 0.0954. The summed E-state index contributed by atoms with van der Waals surface area (Å²) < 4.78 is 31.0.